The van der Waals surface area contributed by atoms with Crippen molar-refractivity contribution in [3.63, 3.8) is 0 Å². The van der Waals surface area contributed by atoms with Gasteiger partial charge in [-0.1, -0.05) is 13.8 Å². The molecular weight excluding hydrogens is 624 g/mol. The van der Waals surface area contributed by atoms with Crippen molar-refractivity contribution in [3.05, 3.63) is 0 Å². The van der Waals surface area contributed by atoms with Gasteiger partial charge in [0.1, 0.15) is 24.7 Å². The number of primary amides is 1. The normalized spacial score (nSPS) is 12.7. The van der Waals surface area contributed by atoms with E-state index in [9.17, 15) is 43.5 Å². The van der Waals surface area contributed by atoms with Gasteiger partial charge in [-0.15, -0.1) is 0 Å². The van der Waals surface area contributed by atoms with Crippen LogP contribution in [0.2, 0.25) is 0 Å². The third-order valence-corrected chi connectivity index (χ3v) is 6.32. The highest BCUT2D eigenvalue weighted by Gasteiger charge is 2.24. The monoisotopic (exact) mass is 674 g/mol. The molecule has 0 aromatic rings. The van der Waals surface area contributed by atoms with Crippen molar-refractivity contribution in [1.82, 2.24) is 26.6 Å². The Balaban J connectivity index is 4.12. The number of hydrogen-bond donors (Lipinski definition) is 8. The van der Waals surface area contributed by atoms with Gasteiger partial charge in [-0.2, -0.15) is 0 Å². The average molecular weight is 675 g/mol. The largest absolute Gasteiger partial charge is 0.480 e. The molecule has 18 nitrogen and oxygen atoms in total. The predicted octanol–water partition coefficient (Wildman–Crippen LogP) is -1.84. The molecule has 1 unspecified atom stereocenters. The molecule has 0 aromatic carbocycles. The van der Waals surface area contributed by atoms with Crippen molar-refractivity contribution in [2.24, 2.45) is 11.7 Å². The van der Waals surface area contributed by atoms with Gasteiger partial charge in [0.05, 0.1) is 19.8 Å². The fourth-order valence-electron chi connectivity index (χ4n) is 3.98. The Morgan fingerprint density at radius 2 is 1.19 bits per heavy atom. The standard InChI is InChI=1S/C29H50N6O12/c1-18(2)16-25(39)31-11-5-4-6-20(27(30)41)34-26(40)17-47-15-14-46-13-12-32-23(37)9-7-22(29(44)45)35-24(38)10-8-21(28(42)43)33-19(3)36/h18,20-22H,4-17H2,1-3H3,(H2,30,41)(H,31,39)(H,32,37)(H,33,36)(H,34,40)(H,35,38)(H,42,43)(H,44,45)/t20?,21-,22+/m1/s1. The number of carbonyl (C=O) groups is 8. The first-order valence-electron chi connectivity index (χ1n) is 15.4. The molecule has 0 fully saturated rings. The Morgan fingerprint density at radius 1 is 0.638 bits per heavy atom. The highest BCUT2D eigenvalue weighted by Crippen LogP contribution is 2.04. The van der Waals surface area contributed by atoms with Crippen LogP contribution in [-0.4, -0.2) is 115 Å². The van der Waals surface area contributed by atoms with Crippen molar-refractivity contribution >= 4 is 47.4 Å². The summed E-state index contributed by atoms with van der Waals surface area (Å²) in [4.78, 5) is 93.2. The minimum atomic E-state index is -1.38. The Hall–Kier alpha value is -4.32. The molecule has 0 spiro atoms. The Labute approximate surface area is 273 Å². The molecule has 9 N–H and O–H groups in total. The Kier molecular flexibility index (Phi) is 22.6. The smallest absolute Gasteiger partial charge is 0.326 e. The molecule has 0 aromatic heterocycles. The van der Waals surface area contributed by atoms with Crippen molar-refractivity contribution in [1.29, 1.82) is 0 Å². The molecule has 0 saturated carbocycles. The van der Waals surface area contributed by atoms with Gasteiger partial charge in [-0.3, -0.25) is 28.8 Å². The minimum absolute atomic E-state index is 0.0357. The number of nitrogens with one attached hydrogen (secondary N) is 5. The van der Waals surface area contributed by atoms with E-state index in [0.717, 1.165) is 6.92 Å². The summed E-state index contributed by atoms with van der Waals surface area (Å²) in [5.74, 6) is -5.51. The van der Waals surface area contributed by atoms with E-state index in [1.54, 1.807) is 0 Å². The van der Waals surface area contributed by atoms with Gasteiger partial charge in [-0.25, -0.2) is 9.59 Å². The molecular formula is C29H50N6O12. The van der Waals surface area contributed by atoms with Crippen LogP contribution in [0.1, 0.15) is 72.1 Å². The molecule has 3 atom stereocenters. The number of hydrogen-bond acceptors (Lipinski definition) is 10. The zero-order valence-electron chi connectivity index (χ0n) is 27.3. The number of unbranched alkanes of at least 4 members (excludes halogenated alkanes) is 1. The lowest BCUT2D eigenvalue weighted by Crippen LogP contribution is -2.45. The Morgan fingerprint density at radius 3 is 1.77 bits per heavy atom. The first-order chi connectivity index (χ1) is 22.1. The molecule has 0 rings (SSSR count). The maximum absolute atomic E-state index is 12.1. The van der Waals surface area contributed by atoms with Crippen LogP contribution in [0.25, 0.3) is 0 Å². The molecule has 18 heteroatoms. The topological polar surface area (TPSA) is 282 Å². The highest BCUT2D eigenvalue weighted by molar-refractivity contribution is 5.87. The van der Waals surface area contributed by atoms with Crippen molar-refractivity contribution < 1.29 is 58.0 Å². The Bertz CT molecular complexity index is 1050. The number of rotatable bonds is 27. The number of nitrogens with two attached hydrogens (primary N) is 1. The van der Waals surface area contributed by atoms with Gasteiger partial charge >= 0.3 is 11.9 Å². The summed E-state index contributed by atoms with van der Waals surface area (Å²) < 4.78 is 10.5. The summed E-state index contributed by atoms with van der Waals surface area (Å²) in [5, 5.41) is 30.7. The van der Waals surface area contributed by atoms with Crippen LogP contribution in [0.15, 0.2) is 0 Å². The van der Waals surface area contributed by atoms with E-state index in [-0.39, 0.29) is 70.5 Å². The third-order valence-electron chi connectivity index (χ3n) is 6.32. The summed E-state index contributed by atoms with van der Waals surface area (Å²) in [5.41, 5.74) is 5.37. The maximum Gasteiger partial charge on any atom is 0.326 e. The molecule has 0 bridgehead atoms. The quantitative estimate of drug-likeness (QED) is 0.0446. The lowest BCUT2D eigenvalue weighted by Gasteiger charge is -2.16. The number of ether oxygens (including phenoxy) is 2. The van der Waals surface area contributed by atoms with E-state index in [2.05, 4.69) is 26.6 Å². The van der Waals surface area contributed by atoms with Crippen LogP contribution in [0, 0.1) is 5.92 Å². The average Bonchev–Trinajstić information content (AvgIpc) is 2.96. The van der Waals surface area contributed by atoms with E-state index in [4.69, 9.17) is 20.3 Å². The molecule has 268 valence electrons. The molecule has 6 amide bonds. The number of carboxylic acids is 2. The number of aliphatic carboxylic acids is 2. The van der Waals surface area contributed by atoms with E-state index in [0.29, 0.717) is 32.2 Å². The van der Waals surface area contributed by atoms with Crippen LogP contribution in [0.4, 0.5) is 0 Å². The molecule has 0 heterocycles. The molecule has 0 radical (unpaired) electrons. The van der Waals surface area contributed by atoms with Crippen molar-refractivity contribution in [3.8, 4) is 0 Å². The van der Waals surface area contributed by atoms with Gasteiger partial charge in [0.2, 0.25) is 35.4 Å². The van der Waals surface area contributed by atoms with Crippen molar-refractivity contribution in [2.75, 3.05) is 39.5 Å². The fraction of sp³-hybridized carbons (Fsp3) is 0.724. The van der Waals surface area contributed by atoms with E-state index in [1.807, 2.05) is 13.8 Å². The van der Waals surface area contributed by atoms with Crippen molar-refractivity contribution in [2.45, 2.75) is 90.3 Å². The fourth-order valence-corrected chi connectivity index (χ4v) is 3.98. The molecule has 0 aliphatic heterocycles. The lowest BCUT2D eigenvalue weighted by molar-refractivity contribution is -0.143. The zero-order valence-corrected chi connectivity index (χ0v) is 27.3. The first-order valence-corrected chi connectivity index (χ1v) is 15.4. The highest BCUT2D eigenvalue weighted by atomic mass is 16.5. The summed E-state index contributed by atoms with van der Waals surface area (Å²) in [6, 6.07) is -3.55. The number of amides is 6. The summed E-state index contributed by atoms with van der Waals surface area (Å²) >= 11 is 0. The van der Waals surface area contributed by atoms with Gasteiger partial charge in [0.15, 0.2) is 0 Å². The van der Waals surface area contributed by atoms with Gasteiger partial charge < -0.3 is 52.0 Å². The third kappa shape index (κ3) is 23.6. The summed E-state index contributed by atoms with van der Waals surface area (Å²) in [7, 11) is 0. The molecule has 0 aliphatic carbocycles. The minimum Gasteiger partial charge on any atom is -0.480 e. The molecule has 0 aliphatic rings. The zero-order chi connectivity index (χ0) is 35.8. The number of carboxylic acid groups (broad SMARTS) is 2. The summed E-state index contributed by atoms with van der Waals surface area (Å²) in [6.45, 7) is 5.51. The predicted molar refractivity (Wildman–Crippen MR) is 165 cm³/mol. The van der Waals surface area contributed by atoms with Gasteiger partial charge in [0.25, 0.3) is 0 Å². The first kappa shape index (κ1) is 42.7. The van der Waals surface area contributed by atoms with Gasteiger partial charge in [-0.05, 0) is 38.0 Å². The maximum atomic E-state index is 12.1. The van der Waals surface area contributed by atoms with E-state index >= 15 is 0 Å². The van der Waals surface area contributed by atoms with Gasteiger partial charge in [0, 0.05) is 39.3 Å². The van der Waals surface area contributed by atoms with Crippen LogP contribution >= 0.6 is 0 Å². The second kappa shape index (κ2) is 24.9. The molecule has 47 heavy (non-hydrogen) atoms. The van der Waals surface area contributed by atoms with Crippen LogP contribution in [-0.2, 0) is 47.8 Å². The summed E-state index contributed by atoms with van der Waals surface area (Å²) in [6.07, 6.45) is 0.910. The lowest BCUT2D eigenvalue weighted by atomic mass is 10.1. The van der Waals surface area contributed by atoms with E-state index in [1.165, 1.54) is 0 Å². The van der Waals surface area contributed by atoms with Crippen LogP contribution < -0.4 is 32.3 Å². The van der Waals surface area contributed by atoms with Crippen LogP contribution in [0.3, 0.4) is 0 Å². The number of carbonyl (C=O) groups excluding carboxylic acids is 6. The van der Waals surface area contributed by atoms with Crippen LogP contribution in [0.5, 0.6) is 0 Å². The van der Waals surface area contributed by atoms with E-state index < -0.39 is 59.6 Å². The second-order valence-electron chi connectivity index (χ2n) is 11.1. The molecule has 0 saturated heterocycles. The SMILES string of the molecule is CC(=O)N[C@H](CCC(=O)N[C@@H](CCC(=O)NCCOCCOCC(=O)NC(CCCCNC(=O)CC(C)C)C(N)=O)C(=O)O)C(=O)O. The second-order valence-corrected chi connectivity index (χ2v) is 11.1.